The van der Waals surface area contributed by atoms with Gasteiger partial charge in [-0.15, -0.1) is 0 Å². The maximum Gasteiger partial charge on any atom is 0.379 e. The maximum atomic E-state index is 13.4. The summed E-state index contributed by atoms with van der Waals surface area (Å²) in [6.45, 7) is 2.37. The lowest BCUT2D eigenvalue weighted by Gasteiger charge is -2.22. The number of halogens is 5. The van der Waals surface area contributed by atoms with E-state index in [0.29, 0.717) is 11.3 Å². The minimum absolute atomic E-state index is 0.0257. The molecule has 2 aromatic rings. The maximum absolute atomic E-state index is 13.4. The summed E-state index contributed by atoms with van der Waals surface area (Å²) >= 11 is 1.92. The number of pyridine rings is 1. The second kappa shape index (κ2) is 8.67. The summed E-state index contributed by atoms with van der Waals surface area (Å²) in [5.74, 6) is -4.53. The lowest BCUT2D eigenvalue weighted by atomic mass is 10.1. The molecule has 0 saturated heterocycles. The van der Waals surface area contributed by atoms with Crippen molar-refractivity contribution in [2.24, 2.45) is 0 Å². The predicted octanol–water partition coefficient (Wildman–Crippen LogP) is 3.78. The van der Waals surface area contributed by atoms with Gasteiger partial charge >= 0.3 is 10.7 Å². The van der Waals surface area contributed by atoms with E-state index in [9.17, 15) is 22.4 Å². The molecule has 1 unspecified atom stereocenters. The van der Waals surface area contributed by atoms with Crippen molar-refractivity contribution in [3.8, 4) is 17.1 Å². The lowest BCUT2D eigenvalue weighted by Crippen LogP contribution is -2.39. The highest BCUT2D eigenvalue weighted by Gasteiger charge is 2.35. The normalized spacial score (nSPS) is 13.0. The van der Waals surface area contributed by atoms with E-state index in [1.807, 2.05) is 15.9 Å². The summed E-state index contributed by atoms with van der Waals surface area (Å²) in [7, 11) is 0. The van der Waals surface area contributed by atoms with Crippen LogP contribution in [-0.2, 0) is 4.79 Å². The van der Waals surface area contributed by atoms with E-state index in [1.54, 1.807) is 18.4 Å². The number of hydrazine groups is 1. The minimum Gasteiger partial charge on any atom is -0.468 e. The highest BCUT2D eigenvalue weighted by atomic mass is 79.9. The molecular weight excluding hydrogens is 450 g/mol. The van der Waals surface area contributed by atoms with E-state index < -0.39 is 22.8 Å². The van der Waals surface area contributed by atoms with E-state index in [1.165, 1.54) is 24.7 Å². The Morgan fingerprint density at radius 3 is 2.36 bits per heavy atom. The van der Waals surface area contributed by atoms with Gasteiger partial charge in [0.05, 0.1) is 18.1 Å². The molecule has 1 atom stereocenters. The van der Waals surface area contributed by atoms with Crippen LogP contribution in [0.5, 0.6) is 5.88 Å². The molecule has 0 spiro atoms. The van der Waals surface area contributed by atoms with E-state index in [2.05, 4.69) is 20.4 Å². The number of amides is 1. The zero-order valence-corrected chi connectivity index (χ0v) is 16.3. The average Bonchev–Trinajstić information content (AvgIpc) is 2.63. The van der Waals surface area contributed by atoms with Crippen LogP contribution in [0, 0.1) is 0 Å². The van der Waals surface area contributed by atoms with E-state index in [0.717, 1.165) is 6.92 Å². The number of anilines is 1. The molecule has 0 bridgehead atoms. The zero-order valence-electron chi connectivity index (χ0n) is 14.7. The summed E-state index contributed by atoms with van der Waals surface area (Å²) in [6, 6.07) is 2.99. The Morgan fingerprint density at radius 1 is 1.18 bits per heavy atom. The molecule has 28 heavy (non-hydrogen) atoms. The van der Waals surface area contributed by atoms with Crippen LogP contribution >= 0.6 is 15.9 Å². The van der Waals surface area contributed by atoms with Crippen LogP contribution in [-0.4, -0.2) is 37.7 Å². The molecule has 2 aromatic heterocycles. The van der Waals surface area contributed by atoms with Crippen molar-refractivity contribution >= 4 is 27.7 Å². The Hall–Kier alpha value is -2.50. The molecule has 0 aliphatic rings. The first-order valence-corrected chi connectivity index (χ1v) is 8.76. The molecule has 2 rings (SSSR count). The smallest absolute Gasteiger partial charge is 0.379 e. The van der Waals surface area contributed by atoms with Gasteiger partial charge in [0.2, 0.25) is 5.88 Å². The van der Waals surface area contributed by atoms with Crippen LogP contribution in [0.15, 0.2) is 30.7 Å². The summed E-state index contributed by atoms with van der Waals surface area (Å²) in [5.41, 5.74) is 4.86. The van der Waals surface area contributed by atoms with Gasteiger partial charge in [0, 0.05) is 40.7 Å². The van der Waals surface area contributed by atoms with Gasteiger partial charge in [-0.1, -0.05) is 6.92 Å². The monoisotopic (exact) mass is 465 g/mol. The summed E-state index contributed by atoms with van der Waals surface area (Å²) in [4.78, 5) is 19.3. The van der Waals surface area contributed by atoms with Gasteiger partial charge in [-0.05, 0) is 12.5 Å². The molecule has 0 fully saturated rings. The molecule has 152 valence electrons. The minimum atomic E-state index is -3.72. The van der Waals surface area contributed by atoms with Gasteiger partial charge in [0.15, 0.2) is 11.9 Å². The first-order valence-electron chi connectivity index (χ1n) is 7.97. The lowest BCUT2D eigenvalue weighted by molar-refractivity contribution is -0.133. The Balaban J connectivity index is 2.01. The molecular formula is C16H16BrF4N5O2. The van der Waals surface area contributed by atoms with E-state index >= 15 is 0 Å². The second-order valence-electron chi connectivity index (χ2n) is 5.72. The van der Waals surface area contributed by atoms with Crippen LogP contribution in [0.1, 0.15) is 20.3 Å². The Labute approximate surface area is 166 Å². The first kappa shape index (κ1) is 21.8. The van der Waals surface area contributed by atoms with Crippen LogP contribution in [0.3, 0.4) is 0 Å². The number of ether oxygens (including phenoxy) is 1. The van der Waals surface area contributed by atoms with Gasteiger partial charge in [-0.25, -0.2) is 18.7 Å². The Bertz CT molecular complexity index is 795. The first-order chi connectivity index (χ1) is 13.0. The van der Waals surface area contributed by atoms with Crippen molar-refractivity contribution in [2.45, 2.75) is 37.1 Å². The van der Waals surface area contributed by atoms with Crippen LogP contribution in [0.2, 0.25) is 0 Å². The Kier molecular flexibility index (Phi) is 6.75. The van der Waals surface area contributed by atoms with Crippen LogP contribution in [0.25, 0.3) is 11.3 Å². The number of nitrogens with zero attached hydrogens (tertiary/aromatic N) is 3. The SMILES string of the molecule is CCC(Oc1ccc(-c2cnc(NNC(=O)C(F)(F)Br)cn2)cn1)C(C)(F)F. The summed E-state index contributed by atoms with van der Waals surface area (Å²) in [6.07, 6.45) is 2.72. The number of hydrogen-bond donors (Lipinski definition) is 2. The average molecular weight is 466 g/mol. The number of carbonyl (C=O) groups excluding carboxylic acids is 1. The quantitative estimate of drug-likeness (QED) is 0.350. The largest absolute Gasteiger partial charge is 0.468 e. The summed E-state index contributed by atoms with van der Waals surface area (Å²) < 4.78 is 57.3. The molecule has 0 aliphatic heterocycles. The standard InChI is InChI=1S/C16H16BrF4N5O2/c1-3-11(15(2,18)19)28-13-5-4-9(6-24-13)10-7-23-12(8-22-10)25-26-14(27)16(17,20)21/h4-8,11H,3H2,1-2H3,(H,23,25)(H,26,27). The summed E-state index contributed by atoms with van der Waals surface area (Å²) in [5, 5.41) is 0. The number of alkyl halides is 5. The fraction of sp³-hybridized carbons (Fsp3) is 0.375. The Morgan fingerprint density at radius 2 is 1.89 bits per heavy atom. The van der Waals surface area contributed by atoms with Crippen LogP contribution < -0.4 is 15.6 Å². The van der Waals surface area contributed by atoms with Crippen molar-refractivity contribution < 1.29 is 27.1 Å². The molecule has 0 saturated carbocycles. The van der Waals surface area contributed by atoms with Crippen molar-refractivity contribution in [3.63, 3.8) is 0 Å². The highest BCUT2D eigenvalue weighted by Crippen LogP contribution is 2.26. The number of carbonyl (C=O) groups is 1. The van der Waals surface area contributed by atoms with Crippen molar-refractivity contribution in [1.82, 2.24) is 20.4 Å². The third kappa shape index (κ3) is 6.01. The zero-order chi connectivity index (χ0) is 20.9. The molecule has 0 aliphatic carbocycles. The molecule has 7 nitrogen and oxygen atoms in total. The van der Waals surface area contributed by atoms with Crippen LogP contribution in [0.4, 0.5) is 23.4 Å². The van der Waals surface area contributed by atoms with Gasteiger partial charge in [-0.3, -0.25) is 20.6 Å². The molecule has 0 radical (unpaired) electrons. The molecule has 1 amide bonds. The van der Waals surface area contributed by atoms with Gasteiger partial charge in [0.25, 0.3) is 5.92 Å². The van der Waals surface area contributed by atoms with Gasteiger partial charge in [0.1, 0.15) is 0 Å². The topological polar surface area (TPSA) is 89.0 Å². The molecule has 12 heteroatoms. The van der Waals surface area contributed by atoms with Gasteiger partial charge in [-0.2, -0.15) is 8.78 Å². The molecule has 2 N–H and O–H groups in total. The number of aromatic nitrogens is 3. The highest BCUT2D eigenvalue weighted by molar-refractivity contribution is 9.10. The number of rotatable bonds is 8. The second-order valence-corrected chi connectivity index (χ2v) is 6.72. The number of hydrogen-bond acceptors (Lipinski definition) is 6. The third-order valence-electron chi connectivity index (χ3n) is 3.44. The van der Waals surface area contributed by atoms with E-state index in [4.69, 9.17) is 4.74 Å². The predicted molar refractivity (Wildman–Crippen MR) is 96.2 cm³/mol. The third-order valence-corrected chi connectivity index (χ3v) is 3.80. The van der Waals surface area contributed by atoms with Crippen molar-refractivity contribution in [3.05, 3.63) is 30.7 Å². The van der Waals surface area contributed by atoms with Crippen molar-refractivity contribution in [1.29, 1.82) is 0 Å². The fourth-order valence-electron chi connectivity index (χ4n) is 2.03. The molecule has 0 aromatic carbocycles. The van der Waals surface area contributed by atoms with Crippen molar-refractivity contribution in [2.75, 3.05) is 5.43 Å². The number of nitrogens with one attached hydrogen (secondary N) is 2. The van der Waals surface area contributed by atoms with Gasteiger partial charge < -0.3 is 4.74 Å². The fourth-order valence-corrected chi connectivity index (χ4v) is 2.12. The van der Waals surface area contributed by atoms with E-state index in [-0.39, 0.29) is 18.1 Å². The molecule has 2 heterocycles.